The Morgan fingerprint density at radius 1 is 1.46 bits per heavy atom. The summed E-state index contributed by atoms with van der Waals surface area (Å²) in [5, 5.41) is 3.22. The molecule has 0 aromatic carbocycles. The van der Waals surface area contributed by atoms with E-state index in [0.29, 0.717) is 5.56 Å². The molecule has 1 atom stereocenters. The normalized spacial score (nSPS) is 21.3. The molecular weight excluding hydrogens is 214 g/mol. The first-order valence-corrected chi connectivity index (χ1v) is 4.69. The molecule has 1 unspecified atom stereocenters. The van der Waals surface area contributed by atoms with Crippen molar-refractivity contribution in [3.63, 3.8) is 0 Å². The molecule has 2 nitrogen and oxygen atoms in total. The highest BCUT2D eigenvalue weighted by Crippen LogP contribution is 2.30. The van der Waals surface area contributed by atoms with Crippen molar-refractivity contribution >= 4 is 23.2 Å². The van der Waals surface area contributed by atoms with Crippen LogP contribution in [-0.2, 0) is 0 Å². The molecule has 2 heterocycles. The first-order valence-electron chi connectivity index (χ1n) is 3.93. The third kappa shape index (κ3) is 1.64. The fourth-order valence-electron chi connectivity index (χ4n) is 1.26. The van der Waals surface area contributed by atoms with Gasteiger partial charge in [-0.15, -0.1) is 0 Å². The minimum absolute atomic E-state index is 0.131. The van der Waals surface area contributed by atoms with Crippen LogP contribution >= 0.6 is 23.2 Å². The lowest BCUT2D eigenvalue weighted by Crippen LogP contribution is -2.35. The van der Waals surface area contributed by atoms with Crippen molar-refractivity contribution in [2.45, 2.75) is 12.5 Å². The standard InChI is InChI=1S/C8H7Cl2FN2/c9-7-4(6-1-2-12-6)3-5(11)8(10)13-7/h3,6,12H,1-2H2. The van der Waals surface area contributed by atoms with E-state index in [-0.39, 0.29) is 16.3 Å². The minimum Gasteiger partial charge on any atom is -0.310 e. The SMILES string of the molecule is Fc1cc(C2CCN2)c(Cl)nc1Cl. The Labute approximate surface area is 85.1 Å². The van der Waals surface area contributed by atoms with E-state index in [4.69, 9.17) is 23.2 Å². The van der Waals surface area contributed by atoms with E-state index in [1.807, 2.05) is 0 Å². The number of hydrogen-bond donors (Lipinski definition) is 1. The Hall–Kier alpha value is -0.380. The van der Waals surface area contributed by atoms with Gasteiger partial charge in [0.15, 0.2) is 11.0 Å². The topological polar surface area (TPSA) is 24.9 Å². The molecule has 1 aromatic heterocycles. The molecule has 0 radical (unpaired) electrons. The number of hydrogen-bond acceptors (Lipinski definition) is 2. The maximum atomic E-state index is 13.0. The van der Waals surface area contributed by atoms with E-state index in [1.165, 1.54) is 6.07 Å². The Bertz CT molecular complexity index is 339. The van der Waals surface area contributed by atoms with Crippen LogP contribution in [0.15, 0.2) is 6.07 Å². The van der Waals surface area contributed by atoms with Crippen molar-refractivity contribution in [2.24, 2.45) is 0 Å². The second kappa shape index (κ2) is 3.40. The highest BCUT2D eigenvalue weighted by molar-refractivity contribution is 6.33. The van der Waals surface area contributed by atoms with Gasteiger partial charge in [0, 0.05) is 11.6 Å². The fraction of sp³-hybridized carbons (Fsp3) is 0.375. The molecule has 70 valence electrons. The van der Waals surface area contributed by atoms with E-state index in [9.17, 15) is 4.39 Å². The number of halogens is 3. The summed E-state index contributed by atoms with van der Waals surface area (Å²) < 4.78 is 13.0. The summed E-state index contributed by atoms with van der Waals surface area (Å²) >= 11 is 11.3. The van der Waals surface area contributed by atoms with Crippen molar-refractivity contribution in [1.29, 1.82) is 0 Å². The predicted molar refractivity (Wildman–Crippen MR) is 49.6 cm³/mol. The monoisotopic (exact) mass is 220 g/mol. The molecule has 1 fully saturated rings. The van der Waals surface area contributed by atoms with Crippen molar-refractivity contribution in [3.05, 3.63) is 27.8 Å². The summed E-state index contributed by atoms with van der Waals surface area (Å²) in [5.74, 6) is -0.519. The van der Waals surface area contributed by atoms with Crippen LogP contribution in [0.5, 0.6) is 0 Å². The molecule has 1 aromatic rings. The van der Waals surface area contributed by atoms with Gasteiger partial charge in [0.1, 0.15) is 5.15 Å². The molecule has 0 spiro atoms. The Balaban J connectivity index is 2.39. The summed E-state index contributed by atoms with van der Waals surface area (Å²) in [5.41, 5.74) is 0.690. The lowest BCUT2D eigenvalue weighted by molar-refractivity contribution is 0.381. The maximum absolute atomic E-state index is 13.0. The van der Waals surface area contributed by atoms with Gasteiger partial charge >= 0.3 is 0 Å². The number of pyridine rings is 1. The van der Waals surface area contributed by atoms with Gasteiger partial charge in [0.2, 0.25) is 0 Å². The first-order chi connectivity index (χ1) is 6.18. The van der Waals surface area contributed by atoms with Crippen LogP contribution in [-0.4, -0.2) is 11.5 Å². The van der Waals surface area contributed by atoms with Gasteiger partial charge in [-0.1, -0.05) is 23.2 Å². The number of nitrogens with zero attached hydrogens (tertiary/aromatic N) is 1. The Morgan fingerprint density at radius 2 is 2.15 bits per heavy atom. The van der Waals surface area contributed by atoms with Crippen molar-refractivity contribution < 1.29 is 4.39 Å². The third-order valence-electron chi connectivity index (χ3n) is 2.11. The zero-order valence-corrected chi connectivity index (χ0v) is 8.16. The van der Waals surface area contributed by atoms with E-state index >= 15 is 0 Å². The van der Waals surface area contributed by atoms with Gasteiger partial charge in [0.25, 0.3) is 0 Å². The van der Waals surface area contributed by atoms with Crippen molar-refractivity contribution in [3.8, 4) is 0 Å². The van der Waals surface area contributed by atoms with Gasteiger partial charge in [-0.05, 0) is 19.0 Å². The summed E-state index contributed by atoms with van der Waals surface area (Å²) in [7, 11) is 0. The van der Waals surface area contributed by atoms with Crippen LogP contribution in [0.1, 0.15) is 18.0 Å². The molecule has 1 aliphatic heterocycles. The second-order valence-electron chi connectivity index (χ2n) is 2.94. The van der Waals surface area contributed by atoms with Crippen LogP contribution in [0.4, 0.5) is 4.39 Å². The van der Waals surface area contributed by atoms with Gasteiger partial charge in [-0.25, -0.2) is 9.37 Å². The minimum atomic E-state index is -0.519. The smallest absolute Gasteiger partial charge is 0.166 e. The molecule has 1 N–H and O–H groups in total. The van der Waals surface area contributed by atoms with Gasteiger partial charge < -0.3 is 5.32 Å². The number of aromatic nitrogens is 1. The quantitative estimate of drug-likeness (QED) is 0.737. The second-order valence-corrected chi connectivity index (χ2v) is 3.65. The molecule has 0 bridgehead atoms. The maximum Gasteiger partial charge on any atom is 0.166 e. The van der Waals surface area contributed by atoms with E-state index in [1.54, 1.807) is 0 Å². The lowest BCUT2D eigenvalue weighted by Gasteiger charge is -2.28. The first kappa shape index (κ1) is 9.19. The van der Waals surface area contributed by atoms with Crippen LogP contribution in [0.2, 0.25) is 10.3 Å². The summed E-state index contributed by atoms with van der Waals surface area (Å²) in [4.78, 5) is 3.69. The largest absolute Gasteiger partial charge is 0.310 e. The zero-order valence-electron chi connectivity index (χ0n) is 6.65. The number of rotatable bonds is 1. The Morgan fingerprint density at radius 3 is 2.69 bits per heavy atom. The summed E-state index contributed by atoms with van der Waals surface area (Å²) in [6.07, 6.45) is 0.961. The van der Waals surface area contributed by atoms with E-state index in [2.05, 4.69) is 10.3 Å². The molecular formula is C8H7Cl2FN2. The molecule has 2 rings (SSSR count). The van der Waals surface area contributed by atoms with Gasteiger partial charge in [0.05, 0.1) is 0 Å². The van der Waals surface area contributed by atoms with Crippen LogP contribution < -0.4 is 5.32 Å². The molecule has 1 aliphatic rings. The summed E-state index contributed by atoms with van der Waals surface area (Å²) in [6.45, 7) is 0.936. The molecule has 0 aliphatic carbocycles. The zero-order chi connectivity index (χ0) is 9.42. The van der Waals surface area contributed by atoms with Crippen molar-refractivity contribution in [2.75, 3.05) is 6.54 Å². The highest BCUT2D eigenvalue weighted by Gasteiger charge is 2.23. The molecule has 0 saturated carbocycles. The fourth-order valence-corrected chi connectivity index (χ4v) is 1.71. The average molecular weight is 221 g/mol. The van der Waals surface area contributed by atoms with Crippen LogP contribution in [0.25, 0.3) is 0 Å². The lowest BCUT2D eigenvalue weighted by atomic mass is 10.00. The van der Waals surface area contributed by atoms with Crippen LogP contribution in [0, 0.1) is 5.82 Å². The molecule has 5 heteroatoms. The highest BCUT2D eigenvalue weighted by atomic mass is 35.5. The van der Waals surface area contributed by atoms with Gasteiger partial charge in [-0.3, -0.25) is 0 Å². The van der Waals surface area contributed by atoms with Crippen LogP contribution in [0.3, 0.4) is 0 Å². The van der Waals surface area contributed by atoms with E-state index in [0.717, 1.165) is 13.0 Å². The van der Waals surface area contributed by atoms with Gasteiger partial charge in [-0.2, -0.15) is 0 Å². The average Bonchev–Trinajstić information content (AvgIpc) is 1.96. The number of nitrogens with one attached hydrogen (secondary N) is 1. The summed E-state index contributed by atoms with van der Waals surface area (Å²) in [6, 6.07) is 1.47. The van der Waals surface area contributed by atoms with E-state index < -0.39 is 5.82 Å². The van der Waals surface area contributed by atoms with Crippen molar-refractivity contribution in [1.82, 2.24) is 10.3 Å². The molecule has 13 heavy (non-hydrogen) atoms. The molecule has 1 saturated heterocycles. The third-order valence-corrected chi connectivity index (χ3v) is 2.68. The Kier molecular flexibility index (Phi) is 2.41. The molecule has 0 amide bonds. The predicted octanol–water partition coefficient (Wildman–Crippen LogP) is 2.56.